The van der Waals surface area contributed by atoms with Gasteiger partial charge in [0.25, 0.3) is 0 Å². The van der Waals surface area contributed by atoms with Crippen molar-refractivity contribution >= 4 is 12.2 Å². The lowest BCUT2D eigenvalue weighted by Gasteiger charge is -2.03. The number of urea groups is 1. The minimum atomic E-state index is -0.621. The van der Waals surface area contributed by atoms with E-state index in [0.29, 0.717) is 0 Å². The first-order valence-corrected chi connectivity index (χ1v) is 2.28. The first-order valence-electron chi connectivity index (χ1n) is 2.28. The van der Waals surface area contributed by atoms with Gasteiger partial charge in [0.2, 0.25) is 0 Å². The number of nitrogens with two attached hydrogens (primary N) is 1. The Morgan fingerprint density at radius 3 is 2.89 bits per heavy atom. The van der Waals surface area contributed by atoms with Crippen LogP contribution in [0.5, 0.6) is 0 Å². The second-order valence-electron chi connectivity index (χ2n) is 1.30. The summed E-state index contributed by atoms with van der Waals surface area (Å²) >= 11 is 0. The van der Waals surface area contributed by atoms with Gasteiger partial charge in [-0.15, -0.1) is 0 Å². The molecule has 2 amide bonds. The van der Waals surface area contributed by atoms with E-state index in [-0.39, 0.29) is 0 Å². The van der Waals surface area contributed by atoms with Gasteiger partial charge in [-0.05, 0) is 6.08 Å². The van der Waals surface area contributed by atoms with Gasteiger partial charge in [0.05, 0.1) is 0 Å². The summed E-state index contributed by atoms with van der Waals surface area (Å²) < 4.78 is 0. The number of hydrogen-bond acceptors (Lipinski definition) is 2. The lowest BCUT2D eigenvalue weighted by molar-refractivity contribution is 0.220. The average Bonchev–Trinajstić information content (AvgIpc) is 1.82. The van der Waals surface area contributed by atoms with Gasteiger partial charge in [-0.1, -0.05) is 6.58 Å². The largest absolute Gasteiger partial charge is 0.350 e. The number of hydrogen-bond donors (Lipinski definition) is 1. The quantitative estimate of drug-likeness (QED) is 0.412. The number of allylic oxidation sites excluding steroid dienone is 1. The molecule has 0 spiro atoms. The van der Waals surface area contributed by atoms with Crippen LogP contribution in [0.1, 0.15) is 0 Å². The molecule has 0 aliphatic rings. The maximum absolute atomic E-state index is 10.2. The fraction of sp³-hybridized carbons (Fsp3) is 0.200. The highest BCUT2D eigenvalue weighted by atomic mass is 16.2. The maximum Gasteiger partial charge on any atom is 0.334 e. The van der Waals surface area contributed by atoms with Gasteiger partial charge >= 0.3 is 6.03 Å². The molecular weight excluding hydrogens is 118 g/mol. The molecule has 9 heavy (non-hydrogen) atoms. The third kappa shape index (κ3) is 3.28. The highest BCUT2D eigenvalue weighted by Gasteiger charge is 1.95. The summed E-state index contributed by atoms with van der Waals surface area (Å²) in [6.45, 7) is 3.31. The van der Waals surface area contributed by atoms with Crippen molar-refractivity contribution in [2.75, 3.05) is 7.05 Å². The molecule has 0 aromatic rings. The normalized spacial score (nSPS) is 9.44. The summed E-state index contributed by atoms with van der Waals surface area (Å²) in [5, 5.41) is 4.39. The SMILES string of the molecule is C=C/[C]=N/N(C)C(N)=O. The van der Waals surface area contributed by atoms with Crippen molar-refractivity contribution < 1.29 is 4.79 Å². The number of nitrogens with zero attached hydrogens (tertiary/aromatic N) is 2. The fourth-order valence-corrected chi connectivity index (χ4v) is 0.177. The van der Waals surface area contributed by atoms with E-state index in [1.54, 1.807) is 0 Å². The number of rotatable bonds is 2. The van der Waals surface area contributed by atoms with E-state index in [1.807, 2.05) is 0 Å². The molecule has 0 fully saturated rings. The van der Waals surface area contributed by atoms with Crippen LogP contribution in [-0.4, -0.2) is 24.3 Å². The predicted molar refractivity (Wildman–Crippen MR) is 35.0 cm³/mol. The Labute approximate surface area is 53.6 Å². The van der Waals surface area contributed by atoms with Crippen molar-refractivity contribution in [3.63, 3.8) is 0 Å². The Bertz CT molecular complexity index is 141. The van der Waals surface area contributed by atoms with Crippen LogP contribution >= 0.6 is 0 Å². The molecule has 0 aromatic heterocycles. The van der Waals surface area contributed by atoms with E-state index >= 15 is 0 Å². The fourth-order valence-electron chi connectivity index (χ4n) is 0.177. The van der Waals surface area contributed by atoms with E-state index in [4.69, 9.17) is 5.73 Å². The van der Waals surface area contributed by atoms with Crippen molar-refractivity contribution in [1.29, 1.82) is 0 Å². The monoisotopic (exact) mass is 126 g/mol. The molecule has 0 unspecified atom stereocenters. The van der Waals surface area contributed by atoms with Crippen LogP contribution in [0, 0.1) is 0 Å². The second-order valence-corrected chi connectivity index (χ2v) is 1.30. The van der Waals surface area contributed by atoms with Gasteiger partial charge in [-0.2, -0.15) is 5.10 Å². The molecule has 0 bridgehead atoms. The Hall–Kier alpha value is -1.32. The summed E-state index contributed by atoms with van der Waals surface area (Å²) in [5.41, 5.74) is 4.80. The van der Waals surface area contributed by atoms with Crippen LogP contribution in [0.4, 0.5) is 4.79 Å². The van der Waals surface area contributed by atoms with Crippen LogP contribution in [0.15, 0.2) is 17.8 Å². The zero-order chi connectivity index (χ0) is 7.28. The third-order valence-corrected chi connectivity index (χ3v) is 0.618. The minimum Gasteiger partial charge on any atom is -0.350 e. The topological polar surface area (TPSA) is 58.7 Å². The summed E-state index contributed by atoms with van der Waals surface area (Å²) in [6.07, 6.45) is 3.68. The lowest BCUT2D eigenvalue weighted by Crippen LogP contribution is -2.27. The van der Waals surface area contributed by atoms with E-state index in [2.05, 4.69) is 17.9 Å². The molecule has 0 rings (SSSR count). The Morgan fingerprint density at radius 2 is 2.56 bits per heavy atom. The highest BCUT2D eigenvalue weighted by molar-refractivity contribution is 5.75. The van der Waals surface area contributed by atoms with Crippen LogP contribution in [-0.2, 0) is 0 Å². The van der Waals surface area contributed by atoms with Gasteiger partial charge in [-0.25, -0.2) is 9.80 Å². The zero-order valence-corrected chi connectivity index (χ0v) is 5.16. The van der Waals surface area contributed by atoms with Gasteiger partial charge in [0.15, 0.2) is 0 Å². The van der Waals surface area contributed by atoms with Crippen LogP contribution in [0.25, 0.3) is 0 Å². The van der Waals surface area contributed by atoms with E-state index in [0.717, 1.165) is 5.01 Å². The first kappa shape index (κ1) is 7.68. The van der Waals surface area contributed by atoms with Crippen LogP contribution in [0.3, 0.4) is 0 Å². The standard InChI is InChI=1S/C5H8N3O/c1-3-4-7-8(2)5(6)9/h3H,1H2,2H3,(H2,6,9). The second kappa shape index (κ2) is 3.65. The summed E-state index contributed by atoms with van der Waals surface area (Å²) in [7, 11) is 1.43. The van der Waals surface area contributed by atoms with Gasteiger partial charge in [-0.3, -0.25) is 0 Å². The predicted octanol–water partition coefficient (Wildman–Crippen LogP) is 0.0457. The van der Waals surface area contributed by atoms with Gasteiger partial charge < -0.3 is 5.73 Å². The van der Waals surface area contributed by atoms with E-state index < -0.39 is 6.03 Å². The molecule has 0 atom stereocenters. The third-order valence-electron chi connectivity index (χ3n) is 0.618. The molecule has 1 radical (unpaired) electrons. The average molecular weight is 126 g/mol. The first-order chi connectivity index (χ1) is 4.18. The summed E-state index contributed by atoms with van der Waals surface area (Å²) in [5.74, 6) is 0. The van der Waals surface area contributed by atoms with E-state index in [9.17, 15) is 4.79 Å². The number of carbonyl (C=O) groups excluding carboxylic acids is 1. The van der Waals surface area contributed by atoms with Crippen molar-refractivity contribution in [2.45, 2.75) is 0 Å². The molecule has 0 aliphatic carbocycles. The molecule has 49 valence electrons. The molecule has 4 nitrogen and oxygen atoms in total. The molecule has 0 heterocycles. The Morgan fingerprint density at radius 1 is 2.00 bits per heavy atom. The molecule has 2 N–H and O–H groups in total. The number of amides is 2. The minimum absolute atomic E-state index is 0.621. The highest BCUT2D eigenvalue weighted by Crippen LogP contribution is 1.78. The van der Waals surface area contributed by atoms with Crippen molar-refractivity contribution in [2.24, 2.45) is 10.8 Å². The zero-order valence-electron chi connectivity index (χ0n) is 5.16. The molecule has 0 aromatic carbocycles. The maximum atomic E-state index is 10.2. The Balaban J connectivity index is 3.75. The number of carbonyl (C=O) groups is 1. The van der Waals surface area contributed by atoms with Crippen molar-refractivity contribution in [3.8, 4) is 0 Å². The summed E-state index contributed by atoms with van der Waals surface area (Å²) in [6, 6.07) is -0.621. The number of hydrazone groups is 1. The molecule has 4 heteroatoms. The van der Waals surface area contributed by atoms with Crippen LogP contribution in [0.2, 0.25) is 0 Å². The van der Waals surface area contributed by atoms with Crippen molar-refractivity contribution in [3.05, 3.63) is 12.7 Å². The molecule has 0 aliphatic heterocycles. The van der Waals surface area contributed by atoms with Crippen molar-refractivity contribution in [1.82, 2.24) is 5.01 Å². The van der Waals surface area contributed by atoms with Gasteiger partial charge in [0.1, 0.15) is 6.21 Å². The number of primary amides is 1. The smallest absolute Gasteiger partial charge is 0.334 e. The van der Waals surface area contributed by atoms with Crippen LogP contribution < -0.4 is 5.73 Å². The molecular formula is C5H8N3O. The molecule has 0 saturated carbocycles. The van der Waals surface area contributed by atoms with E-state index in [1.165, 1.54) is 13.1 Å². The summed E-state index contributed by atoms with van der Waals surface area (Å²) in [4.78, 5) is 10.2. The van der Waals surface area contributed by atoms with Gasteiger partial charge in [0, 0.05) is 7.05 Å². The Kier molecular flexibility index (Phi) is 3.12. The molecule has 0 saturated heterocycles. The lowest BCUT2D eigenvalue weighted by atomic mass is 10.7.